The van der Waals surface area contributed by atoms with Crippen molar-refractivity contribution in [2.45, 2.75) is 44.6 Å². The van der Waals surface area contributed by atoms with E-state index in [9.17, 15) is 9.59 Å². The summed E-state index contributed by atoms with van der Waals surface area (Å²) in [7, 11) is 0. The second-order valence-corrected chi connectivity index (χ2v) is 8.05. The van der Waals surface area contributed by atoms with Crippen LogP contribution >= 0.6 is 0 Å². The summed E-state index contributed by atoms with van der Waals surface area (Å²) < 4.78 is 6.92. The van der Waals surface area contributed by atoms with Crippen LogP contribution < -0.4 is 5.32 Å². The molecule has 1 saturated carbocycles. The van der Waals surface area contributed by atoms with Crippen LogP contribution in [-0.4, -0.2) is 34.3 Å². The van der Waals surface area contributed by atoms with Crippen LogP contribution in [-0.2, 0) is 16.0 Å². The molecule has 1 fully saturated rings. The zero-order valence-electron chi connectivity index (χ0n) is 17.7. The van der Waals surface area contributed by atoms with Gasteiger partial charge in [0.25, 0.3) is 5.91 Å². The number of nitrogens with one attached hydrogen (secondary N) is 1. The second-order valence-electron chi connectivity index (χ2n) is 8.05. The van der Waals surface area contributed by atoms with Gasteiger partial charge in [0.05, 0.1) is 11.4 Å². The highest BCUT2D eigenvalue weighted by Crippen LogP contribution is 2.39. The second kappa shape index (κ2) is 9.60. The van der Waals surface area contributed by atoms with Crippen molar-refractivity contribution in [1.82, 2.24) is 15.1 Å². The fraction of sp³-hybridized carbons (Fsp3) is 0.320. The molecule has 1 aromatic heterocycles. The maximum atomic E-state index is 12.7. The molecule has 0 radical (unpaired) electrons. The van der Waals surface area contributed by atoms with Crippen molar-refractivity contribution in [3.63, 3.8) is 0 Å². The average Bonchev–Trinajstić information content (AvgIpc) is 3.55. The summed E-state index contributed by atoms with van der Waals surface area (Å²) in [6.45, 7) is 1.64. The quantitative estimate of drug-likeness (QED) is 0.533. The van der Waals surface area contributed by atoms with Crippen molar-refractivity contribution in [2.24, 2.45) is 0 Å². The van der Waals surface area contributed by atoms with Gasteiger partial charge in [-0.05, 0) is 56.4 Å². The first kappa shape index (κ1) is 20.8. The molecule has 1 amide bonds. The fourth-order valence-electron chi connectivity index (χ4n) is 3.51. The van der Waals surface area contributed by atoms with Crippen LogP contribution in [0.3, 0.4) is 0 Å². The van der Waals surface area contributed by atoms with Crippen LogP contribution in [0.1, 0.15) is 53.8 Å². The lowest BCUT2D eigenvalue weighted by atomic mass is 10.1. The average molecular weight is 418 g/mol. The van der Waals surface area contributed by atoms with Crippen molar-refractivity contribution >= 4 is 11.9 Å². The lowest BCUT2D eigenvalue weighted by Gasteiger charge is -2.14. The van der Waals surface area contributed by atoms with E-state index in [2.05, 4.69) is 22.5 Å². The molecular formula is C25H27N3O3. The van der Waals surface area contributed by atoms with Gasteiger partial charge in [0.2, 0.25) is 0 Å². The van der Waals surface area contributed by atoms with E-state index in [0.29, 0.717) is 11.6 Å². The van der Waals surface area contributed by atoms with E-state index in [1.165, 1.54) is 5.56 Å². The number of para-hydroxylation sites is 1. The van der Waals surface area contributed by atoms with E-state index in [1.807, 2.05) is 55.5 Å². The number of nitrogens with zero attached hydrogens (tertiary/aromatic N) is 2. The highest BCUT2D eigenvalue weighted by atomic mass is 16.5. The summed E-state index contributed by atoms with van der Waals surface area (Å²) in [5, 5.41) is 7.51. The topological polar surface area (TPSA) is 73.2 Å². The molecule has 3 aromatic rings. The third-order valence-electron chi connectivity index (χ3n) is 5.38. The number of hydrogen-bond donors (Lipinski definition) is 1. The number of carbonyl (C=O) groups is 2. The number of amides is 1. The summed E-state index contributed by atoms with van der Waals surface area (Å²) in [5.74, 6) is -0.442. The molecule has 1 N–H and O–H groups in total. The molecule has 1 atom stereocenters. The molecule has 6 heteroatoms. The summed E-state index contributed by atoms with van der Waals surface area (Å²) in [6, 6.07) is 21.4. The first-order chi connectivity index (χ1) is 15.1. The molecular weight excluding hydrogens is 390 g/mol. The summed E-state index contributed by atoms with van der Waals surface area (Å²) >= 11 is 0. The number of esters is 1. The Labute approximate surface area is 182 Å². The molecule has 2 aromatic carbocycles. The van der Waals surface area contributed by atoms with E-state index in [-0.39, 0.29) is 18.6 Å². The van der Waals surface area contributed by atoms with Crippen LogP contribution in [0.25, 0.3) is 5.69 Å². The molecule has 1 heterocycles. The van der Waals surface area contributed by atoms with Crippen molar-refractivity contribution in [3.05, 3.63) is 83.7 Å². The van der Waals surface area contributed by atoms with Gasteiger partial charge in [0, 0.05) is 12.0 Å². The number of rotatable bonds is 9. The number of aromatic nitrogens is 2. The Morgan fingerprint density at radius 2 is 1.77 bits per heavy atom. The van der Waals surface area contributed by atoms with E-state index in [0.717, 1.165) is 37.1 Å². The van der Waals surface area contributed by atoms with E-state index in [1.54, 1.807) is 10.7 Å². The molecule has 1 aliphatic carbocycles. The minimum Gasteiger partial charge on any atom is -0.451 e. The maximum Gasteiger partial charge on any atom is 0.357 e. The Morgan fingerprint density at radius 3 is 2.45 bits per heavy atom. The van der Waals surface area contributed by atoms with Crippen LogP contribution in [0.5, 0.6) is 0 Å². The third kappa shape index (κ3) is 5.60. The fourth-order valence-corrected chi connectivity index (χ4v) is 3.51. The Balaban J connectivity index is 1.32. The SMILES string of the molecule is CC(CCc1ccccc1)NC(=O)COC(=O)c1cc(C2CC2)nn1-c1ccccc1. The molecule has 0 bridgehead atoms. The van der Waals surface area contributed by atoms with Crippen molar-refractivity contribution in [3.8, 4) is 5.69 Å². The predicted molar refractivity (Wildman–Crippen MR) is 118 cm³/mol. The van der Waals surface area contributed by atoms with Crippen LogP contribution in [0.4, 0.5) is 0 Å². The zero-order chi connectivity index (χ0) is 21.6. The number of aryl methyl sites for hydroxylation is 1. The Morgan fingerprint density at radius 1 is 1.10 bits per heavy atom. The molecule has 0 aliphatic heterocycles. The predicted octanol–water partition coefficient (Wildman–Crippen LogP) is 4.04. The first-order valence-corrected chi connectivity index (χ1v) is 10.8. The van der Waals surface area contributed by atoms with Gasteiger partial charge in [0.15, 0.2) is 12.3 Å². The van der Waals surface area contributed by atoms with Gasteiger partial charge in [-0.1, -0.05) is 48.5 Å². The zero-order valence-corrected chi connectivity index (χ0v) is 17.7. The standard InChI is InChI=1S/C25H27N3O3/c1-18(12-13-19-8-4-2-5-9-19)26-24(29)17-31-25(30)23-16-22(20-14-15-20)27-28(23)21-10-6-3-7-11-21/h2-11,16,18,20H,12-15,17H2,1H3,(H,26,29). The van der Waals surface area contributed by atoms with Gasteiger partial charge in [-0.3, -0.25) is 4.79 Å². The first-order valence-electron chi connectivity index (χ1n) is 10.8. The Hall–Kier alpha value is -3.41. The molecule has 6 nitrogen and oxygen atoms in total. The molecule has 160 valence electrons. The minimum atomic E-state index is -0.546. The normalized spacial score (nSPS) is 14.1. The van der Waals surface area contributed by atoms with Crippen molar-refractivity contribution in [1.29, 1.82) is 0 Å². The molecule has 1 aliphatic rings. The third-order valence-corrected chi connectivity index (χ3v) is 5.38. The Bertz CT molecular complexity index is 1030. The number of hydrogen-bond acceptors (Lipinski definition) is 4. The van der Waals surface area contributed by atoms with Gasteiger partial charge in [-0.15, -0.1) is 0 Å². The minimum absolute atomic E-state index is 0.0114. The molecule has 31 heavy (non-hydrogen) atoms. The Kier molecular flexibility index (Phi) is 6.46. The van der Waals surface area contributed by atoms with Gasteiger partial charge in [-0.2, -0.15) is 5.10 Å². The molecule has 0 spiro atoms. The number of ether oxygens (including phenoxy) is 1. The van der Waals surface area contributed by atoms with Gasteiger partial charge in [0.1, 0.15) is 0 Å². The summed E-state index contributed by atoms with van der Waals surface area (Å²) in [6.07, 6.45) is 3.87. The van der Waals surface area contributed by atoms with Crippen LogP contribution in [0, 0.1) is 0 Å². The van der Waals surface area contributed by atoms with Gasteiger partial charge < -0.3 is 10.1 Å². The van der Waals surface area contributed by atoms with E-state index >= 15 is 0 Å². The van der Waals surface area contributed by atoms with Crippen molar-refractivity contribution < 1.29 is 14.3 Å². The van der Waals surface area contributed by atoms with Crippen molar-refractivity contribution in [2.75, 3.05) is 6.61 Å². The highest BCUT2D eigenvalue weighted by molar-refractivity contribution is 5.90. The number of benzene rings is 2. The highest BCUT2D eigenvalue weighted by Gasteiger charge is 2.29. The van der Waals surface area contributed by atoms with E-state index < -0.39 is 5.97 Å². The number of carbonyl (C=O) groups excluding carboxylic acids is 2. The van der Waals surface area contributed by atoms with Gasteiger partial charge >= 0.3 is 5.97 Å². The van der Waals surface area contributed by atoms with Crippen LogP contribution in [0.2, 0.25) is 0 Å². The molecule has 4 rings (SSSR count). The summed E-state index contributed by atoms with van der Waals surface area (Å²) in [4.78, 5) is 25.0. The smallest absolute Gasteiger partial charge is 0.357 e. The summed E-state index contributed by atoms with van der Waals surface area (Å²) in [5.41, 5.74) is 3.27. The molecule has 1 unspecified atom stereocenters. The lowest BCUT2D eigenvalue weighted by Crippen LogP contribution is -2.36. The van der Waals surface area contributed by atoms with E-state index in [4.69, 9.17) is 4.74 Å². The lowest BCUT2D eigenvalue weighted by molar-refractivity contribution is -0.124. The van der Waals surface area contributed by atoms with Crippen LogP contribution in [0.15, 0.2) is 66.7 Å². The van der Waals surface area contributed by atoms with Gasteiger partial charge in [-0.25, -0.2) is 9.48 Å². The largest absolute Gasteiger partial charge is 0.451 e. The maximum absolute atomic E-state index is 12.7. The molecule has 0 saturated heterocycles. The monoisotopic (exact) mass is 417 g/mol.